The summed E-state index contributed by atoms with van der Waals surface area (Å²) in [6, 6.07) is 7.65. The van der Waals surface area contributed by atoms with E-state index in [2.05, 4.69) is 5.32 Å². The van der Waals surface area contributed by atoms with E-state index in [4.69, 9.17) is 9.47 Å². The molecular weight excluding hydrogens is 427 g/mol. The van der Waals surface area contributed by atoms with E-state index in [0.717, 1.165) is 12.1 Å². The van der Waals surface area contributed by atoms with Crippen molar-refractivity contribution in [2.45, 2.75) is 24.7 Å². The number of fused-ring (bicyclic) bond motifs is 1. The standard InChI is InChI=1S/C21H21FN2O6S/c1-13(25)17-9-19-20(30-12-29-19)10-18(17)23-21(26)14-3-2-8-24(11-14)31(27,28)16-6-4-15(22)5-7-16/h4-7,9-10,14H,2-3,8,11-12H2,1H3,(H,23,26). The Bertz CT molecular complexity index is 1130. The molecule has 0 bridgehead atoms. The van der Waals surface area contributed by atoms with E-state index in [1.165, 1.54) is 35.5 Å². The van der Waals surface area contributed by atoms with Crippen LogP contribution in [-0.4, -0.2) is 44.3 Å². The fourth-order valence-corrected chi connectivity index (χ4v) is 5.23. The molecule has 2 aliphatic heterocycles. The Balaban J connectivity index is 1.52. The van der Waals surface area contributed by atoms with Gasteiger partial charge < -0.3 is 14.8 Å². The lowest BCUT2D eigenvalue weighted by Gasteiger charge is -2.31. The van der Waals surface area contributed by atoms with Crippen molar-refractivity contribution in [3.05, 3.63) is 47.8 Å². The maximum Gasteiger partial charge on any atom is 0.243 e. The molecule has 0 aliphatic carbocycles. The van der Waals surface area contributed by atoms with Gasteiger partial charge in [0.2, 0.25) is 22.7 Å². The highest BCUT2D eigenvalue weighted by Gasteiger charge is 2.34. The van der Waals surface area contributed by atoms with Gasteiger partial charge in [-0.1, -0.05) is 0 Å². The summed E-state index contributed by atoms with van der Waals surface area (Å²) in [5.41, 5.74) is 0.574. The molecule has 0 spiro atoms. The van der Waals surface area contributed by atoms with E-state index >= 15 is 0 Å². The largest absolute Gasteiger partial charge is 0.454 e. The summed E-state index contributed by atoms with van der Waals surface area (Å²) in [6.45, 7) is 1.67. The van der Waals surface area contributed by atoms with E-state index in [1.807, 2.05) is 0 Å². The second kappa shape index (κ2) is 8.27. The van der Waals surface area contributed by atoms with Gasteiger partial charge in [0.25, 0.3) is 0 Å². The summed E-state index contributed by atoms with van der Waals surface area (Å²) in [4.78, 5) is 24.9. The first-order chi connectivity index (χ1) is 14.8. The zero-order valence-corrected chi connectivity index (χ0v) is 17.6. The summed E-state index contributed by atoms with van der Waals surface area (Å²) in [5.74, 6) is -0.922. The molecular formula is C21H21FN2O6S. The summed E-state index contributed by atoms with van der Waals surface area (Å²) in [5, 5.41) is 2.74. The molecule has 2 aliphatic rings. The highest BCUT2D eigenvalue weighted by atomic mass is 32.2. The van der Waals surface area contributed by atoms with Crippen LogP contribution < -0.4 is 14.8 Å². The zero-order valence-electron chi connectivity index (χ0n) is 16.8. The Hall–Kier alpha value is -2.98. The second-order valence-corrected chi connectivity index (χ2v) is 9.39. The van der Waals surface area contributed by atoms with Gasteiger partial charge in [-0.15, -0.1) is 0 Å². The molecule has 1 fully saturated rings. The van der Waals surface area contributed by atoms with Gasteiger partial charge in [0.15, 0.2) is 17.3 Å². The highest BCUT2D eigenvalue weighted by Crippen LogP contribution is 2.37. The van der Waals surface area contributed by atoms with Crippen molar-refractivity contribution in [3.8, 4) is 11.5 Å². The first-order valence-electron chi connectivity index (χ1n) is 9.77. The van der Waals surface area contributed by atoms with Gasteiger partial charge in [-0.3, -0.25) is 9.59 Å². The summed E-state index contributed by atoms with van der Waals surface area (Å²) in [7, 11) is -3.85. The number of hydrogen-bond acceptors (Lipinski definition) is 6. The molecule has 2 heterocycles. The summed E-state index contributed by atoms with van der Waals surface area (Å²) >= 11 is 0. The van der Waals surface area contributed by atoms with Crippen molar-refractivity contribution < 1.29 is 31.9 Å². The maximum absolute atomic E-state index is 13.2. The minimum atomic E-state index is -3.85. The Morgan fingerprint density at radius 2 is 1.81 bits per heavy atom. The molecule has 31 heavy (non-hydrogen) atoms. The fourth-order valence-electron chi connectivity index (χ4n) is 3.70. The molecule has 4 rings (SSSR count). The molecule has 0 aromatic heterocycles. The Kier molecular flexibility index (Phi) is 5.67. The SMILES string of the molecule is CC(=O)c1cc2c(cc1NC(=O)C1CCCN(S(=O)(=O)c3ccc(F)cc3)C1)OCO2. The molecule has 1 amide bonds. The lowest BCUT2D eigenvalue weighted by Crippen LogP contribution is -2.43. The number of hydrogen-bond donors (Lipinski definition) is 1. The third-order valence-corrected chi connectivity index (χ3v) is 7.24. The van der Waals surface area contributed by atoms with Gasteiger partial charge in [-0.05, 0) is 50.1 Å². The third kappa shape index (κ3) is 4.26. The average molecular weight is 448 g/mol. The molecule has 1 saturated heterocycles. The zero-order chi connectivity index (χ0) is 22.2. The normalized spacial score (nSPS) is 18.6. The van der Waals surface area contributed by atoms with Crippen LogP contribution in [0, 0.1) is 11.7 Å². The predicted molar refractivity (Wildman–Crippen MR) is 109 cm³/mol. The minimum Gasteiger partial charge on any atom is -0.454 e. The van der Waals surface area contributed by atoms with Crippen LogP contribution in [0.3, 0.4) is 0 Å². The van der Waals surface area contributed by atoms with Gasteiger partial charge >= 0.3 is 0 Å². The molecule has 8 nitrogen and oxygen atoms in total. The van der Waals surface area contributed by atoms with Gasteiger partial charge in [0, 0.05) is 24.7 Å². The maximum atomic E-state index is 13.2. The van der Waals surface area contributed by atoms with Crippen LogP contribution in [0.1, 0.15) is 30.1 Å². The fraction of sp³-hybridized carbons (Fsp3) is 0.333. The number of Topliss-reactive ketones (excluding diaryl/α,β-unsaturated/α-hetero) is 1. The molecule has 0 radical (unpaired) electrons. The molecule has 2 aromatic carbocycles. The number of halogens is 1. The van der Waals surface area contributed by atoms with E-state index < -0.39 is 21.8 Å². The van der Waals surface area contributed by atoms with E-state index in [-0.39, 0.29) is 42.0 Å². The van der Waals surface area contributed by atoms with Crippen LogP contribution in [0.15, 0.2) is 41.3 Å². The van der Waals surface area contributed by atoms with Gasteiger partial charge in [-0.25, -0.2) is 12.8 Å². The van der Waals surface area contributed by atoms with Crippen LogP contribution in [0.25, 0.3) is 0 Å². The number of ether oxygens (including phenoxy) is 2. The summed E-state index contributed by atoms with van der Waals surface area (Å²) < 4.78 is 50.8. The number of sulfonamides is 1. The number of nitrogens with one attached hydrogen (secondary N) is 1. The molecule has 1 unspecified atom stereocenters. The number of benzene rings is 2. The van der Waals surface area contributed by atoms with Crippen molar-refractivity contribution in [3.63, 3.8) is 0 Å². The number of ketones is 1. The lowest BCUT2D eigenvalue weighted by atomic mass is 9.98. The molecule has 164 valence electrons. The van der Waals surface area contributed by atoms with Crippen molar-refractivity contribution >= 4 is 27.4 Å². The van der Waals surface area contributed by atoms with E-state index in [0.29, 0.717) is 30.0 Å². The number of nitrogens with zero attached hydrogens (tertiary/aromatic N) is 1. The Morgan fingerprint density at radius 1 is 1.13 bits per heavy atom. The first-order valence-corrected chi connectivity index (χ1v) is 11.2. The number of carbonyl (C=O) groups is 2. The molecule has 10 heteroatoms. The number of anilines is 1. The highest BCUT2D eigenvalue weighted by molar-refractivity contribution is 7.89. The van der Waals surface area contributed by atoms with Crippen LogP contribution in [0.2, 0.25) is 0 Å². The Morgan fingerprint density at radius 3 is 2.48 bits per heavy atom. The van der Waals surface area contributed by atoms with Crippen LogP contribution in [0.4, 0.5) is 10.1 Å². The lowest BCUT2D eigenvalue weighted by molar-refractivity contribution is -0.120. The monoisotopic (exact) mass is 448 g/mol. The van der Waals surface area contributed by atoms with Crippen molar-refractivity contribution in [2.75, 3.05) is 25.2 Å². The number of rotatable bonds is 5. The quantitative estimate of drug-likeness (QED) is 0.706. The van der Waals surface area contributed by atoms with Crippen molar-refractivity contribution in [2.24, 2.45) is 5.92 Å². The predicted octanol–water partition coefficient (Wildman–Crippen LogP) is 2.80. The number of piperidine rings is 1. The molecule has 1 atom stereocenters. The van der Waals surface area contributed by atoms with E-state index in [1.54, 1.807) is 0 Å². The van der Waals surface area contributed by atoms with Crippen molar-refractivity contribution in [1.29, 1.82) is 0 Å². The van der Waals surface area contributed by atoms with Crippen molar-refractivity contribution in [1.82, 2.24) is 4.31 Å². The average Bonchev–Trinajstić information content (AvgIpc) is 3.21. The van der Waals surface area contributed by atoms with Crippen LogP contribution >= 0.6 is 0 Å². The van der Waals surface area contributed by atoms with Crippen LogP contribution in [-0.2, 0) is 14.8 Å². The third-order valence-electron chi connectivity index (χ3n) is 5.36. The Labute approximate surface area is 179 Å². The van der Waals surface area contributed by atoms with Gasteiger partial charge in [0.1, 0.15) is 5.82 Å². The minimum absolute atomic E-state index is 0.00843. The van der Waals surface area contributed by atoms with Crippen LogP contribution in [0.5, 0.6) is 11.5 Å². The first kappa shape index (κ1) is 21.3. The topological polar surface area (TPSA) is 102 Å². The summed E-state index contributed by atoms with van der Waals surface area (Å²) in [6.07, 6.45) is 1.00. The molecule has 0 saturated carbocycles. The molecule has 1 N–H and O–H groups in total. The van der Waals surface area contributed by atoms with Gasteiger partial charge in [0.05, 0.1) is 16.5 Å². The smallest absolute Gasteiger partial charge is 0.243 e. The second-order valence-electron chi connectivity index (χ2n) is 7.45. The number of amides is 1. The van der Waals surface area contributed by atoms with Gasteiger partial charge in [-0.2, -0.15) is 4.31 Å². The number of carbonyl (C=O) groups excluding carboxylic acids is 2. The van der Waals surface area contributed by atoms with E-state index in [9.17, 15) is 22.4 Å². The molecule has 2 aromatic rings.